The molecule has 0 unspecified atom stereocenters. The molecule has 32 heavy (non-hydrogen) atoms. The van der Waals surface area contributed by atoms with Gasteiger partial charge in [-0.1, -0.05) is 6.92 Å². The Morgan fingerprint density at radius 3 is 2.53 bits per heavy atom. The number of amides is 1. The molecule has 1 N–H and O–H groups in total. The van der Waals surface area contributed by atoms with Crippen LogP contribution in [-0.2, 0) is 32.3 Å². The number of ether oxygens (including phenoxy) is 2. The number of fused-ring (bicyclic) bond motifs is 1. The molecular formula is C22H28N2O6S2. The van der Waals surface area contributed by atoms with Crippen molar-refractivity contribution in [3.8, 4) is 5.75 Å². The van der Waals surface area contributed by atoms with Crippen molar-refractivity contribution in [1.82, 2.24) is 4.90 Å². The molecule has 1 aliphatic heterocycles. The van der Waals surface area contributed by atoms with Gasteiger partial charge in [0.25, 0.3) is 0 Å². The molecule has 2 aromatic rings. The van der Waals surface area contributed by atoms with Crippen LogP contribution in [0.5, 0.6) is 5.75 Å². The largest absolute Gasteiger partial charge is 0.497 e. The summed E-state index contributed by atoms with van der Waals surface area (Å²) < 4.78 is 35.4. The maximum absolute atomic E-state index is 12.6. The molecule has 0 radical (unpaired) electrons. The second-order valence-corrected chi connectivity index (χ2v) is 10.6. The Kier molecular flexibility index (Phi) is 7.91. The van der Waals surface area contributed by atoms with E-state index >= 15 is 0 Å². The normalized spacial score (nSPS) is 14.0. The highest BCUT2D eigenvalue weighted by atomic mass is 32.2. The van der Waals surface area contributed by atoms with Crippen LogP contribution in [0.4, 0.5) is 5.00 Å². The van der Waals surface area contributed by atoms with E-state index in [4.69, 9.17) is 9.47 Å². The summed E-state index contributed by atoms with van der Waals surface area (Å²) in [6.45, 7) is 6.49. The Bertz CT molecular complexity index is 1080. The van der Waals surface area contributed by atoms with Gasteiger partial charge in [0.2, 0.25) is 5.91 Å². The summed E-state index contributed by atoms with van der Waals surface area (Å²) in [6.07, 6.45) is 0.482. The van der Waals surface area contributed by atoms with Crippen LogP contribution in [0.3, 0.4) is 0 Å². The van der Waals surface area contributed by atoms with Gasteiger partial charge in [-0.3, -0.25) is 9.69 Å². The van der Waals surface area contributed by atoms with Crippen molar-refractivity contribution in [3.05, 3.63) is 40.3 Å². The van der Waals surface area contributed by atoms with Crippen LogP contribution in [0, 0.1) is 0 Å². The topological polar surface area (TPSA) is 102 Å². The van der Waals surface area contributed by atoms with Gasteiger partial charge < -0.3 is 14.8 Å². The molecule has 0 spiro atoms. The Hall–Kier alpha value is -2.43. The lowest BCUT2D eigenvalue weighted by Gasteiger charge is -2.25. The van der Waals surface area contributed by atoms with Crippen LogP contribution in [0.2, 0.25) is 0 Å². The number of carbonyl (C=O) groups is 2. The summed E-state index contributed by atoms with van der Waals surface area (Å²) in [4.78, 5) is 28.6. The van der Waals surface area contributed by atoms with Crippen LogP contribution in [0.25, 0.3) is 0 Å². The average Bonchev–Trinajstić information content (AvgIpc) is 3.14. The van der Waals surface area contributed by atoms with Gasteiger partial charge in [-0.2, -0.15) is 0 Å². The summed E-state index contributed by atoms with van der Waals surface area (Å²) in [5.74, 6) is -0.708. The lowest BCUT2D eigenvalue weighted by Crippen LogP contribution is -2.30. The fraction of sp³-hybridized carbons (Fsp3) is 0.455. The number of hydrogen-bond acceptors (Lipinski definition) is 8. The molecule has 2 heterocycles. The number of esters is 1. The van der Waals surface area contributed by atoms with Gasteiger partial charge in [-0.05, 0) is 49.7 Å². The second kappa shape index (κ2) is 10.5. The van der Waals surface area contributed by atoms with E-state index in [-0.39, 0.29) is 23.7 Å². The van der Waals surface area contributed by atoms with E-state index in [0.717, 1.165) is 23.5 Å². The minimum Gasteiger partial charge on any atom is -0.497 e. The van der Waals surface area contributed by atoms with Gasteiger partial charge in [-0.25, -0.2) is 13.2 Å². The molecule has 0 atom stereocenters. The zero-order valence-corrected chi connectivity index (χ0v) is 20.1. The molecule has 10 heteroatoms. The number of nitrogens with one attached hydrogen (secondary N) is 1. The predicted molar refractivity (Wildman–Crippen MR) is 123 cm³/mol. The van der Waals surface area contributed by atoms with E-state index in [1.807, 2.05) is 0 Å². The van der Waals surface area contributed by atoms with E-state index in [9.17, 15) is 18.0 Å². The van der Waals surface area contributed by atoms with E-state index in [1.165, 1.54) is 30.6 Å². The third kappa shape index (κ3) is 5.48. The minimum absolute atomic E-state index is 0.129. The molecule has 174 valence electrons. The smallest absolute Gasteiger partial charge is 0.341 e. The highest BCUT2D eigenvalue weighted by molar-refractivity contribution is 7.91. The molecule has 0 fully saturated rings. The fourth-order valence-electron chi connectivity index (χ4n) is 3.55. The molecule has 1 amide bonds. The van der Waals surface area contributed by atoms with E-state index in [2.05, 4.69) is 17.1 Å². The molecule has 0 saturated carbocycles. The lowest BCUT2D eigenvalue weighted by atomic mass is 10.0. The van der Waals surface area contributed by atoms with Crippen molar-refractivity contribution in [3.63, 3.8) is 0 Å². The van der Waals surface area contributed by atoms with Crippen LogP contribution in [0.15, 0.2) is 29.2 Å². The maximum atomic E-state index is 12.6. The molecule has 0 aliphatic carbocycles. The Balaban J connectivity index is 1.73. The third-order valence-corrected chi connectivity index (χ3v) is 8.20. The number of sulfone groups is 1. The summed E-state index contributed by atoms with van der Waals surface area (Å²) in [7, 11) is -2.13. The van der Waals surface area contributed by atoms with Crippen LogP contribution in [0.1, 0.15) is 41.1 Å². The molecule has 1 aliphatic rings. The molecule has 1 aromatic carbocycles. The first-order valence-electron chi connectivity index (χ1n) is 10.5. The molecule has 0 bridgehead atoms. The lowest BCUT2D eigenvalue weighted by molar-refractivity contribution is -0.115. The van der Waals surface area contributed by atoms with Gasteiger partial charge >= 0.3 is 5.97 Å². The van der Waals surface area contributed by atoms with Crippen LogP contribution >= 0.6 is 11.3 Å². The number of benzene rings is 1. The highest BCUT2D eigenvalue weighted by Gasteiger charge is 2.29. The van der Waals surface area contributed by atoms with E-state index < -0.39 is 21.7 Å². The zero-order chi connectivity index (χ0) is 23.3. The first-order valence-corrected chi connectivity index (χ1v) is 13.0. The summed E-state index contributed by atoms with van der Waals surface area (Å²) in [6, 6.07) is 6.04. The first kappa shape index (κ1) is 24.2. The standard InChI is InChI=1S/C22H28N2O6S2/c1-4-24-12-10-17-18(14-24)31-21(20(17)22(26)30-5-2)23-19(25)11-13-32(27,28)16-8-6-15(29-3)7-9-16/h6-9H,4-5,10-14H2,1-3H3,(H,23,25). The van der Waals surface area contributed by atoms with Gasteiger partial charge in [0.15, 0.2) is 9.84 Å². The number of nitrogens with zero attached hydrogens (tertiary/aromatic N) is 1. The Labute approximate surface area is 192 Å². The number of rotatable bonds is 9. The molecule has 3 rings (SSSR count). The van der Waals surface area contributed by atoms with E-state index in [1.54, 1.807) is 19.1 Å². The van der Waals surface area contributed by atoms with E-state index in [0.29, 0.717) is 29.3 Å². The SMILES string of the molecule is CCOC(=O)c1c(NC(=O)CCS(=O)(=O)c2ccc(OC)cc2)sc2c1CCN(CC)C2. The molecular weight excluding hydrogens is 452 g/mol. The van der Waals surface area contributed by atoms with Crippen molar-refractivity contribution < 1.29 is 27.5 Å². The summed E-state index contributed by atoms with van der Waals surface area (Å²) in [5, 5.41) is 3.19. The number of thiophene rings is 1. The third-order valence-electron chi connectivity index (χ3n) is 5.33. The van der Waals surface area contributed by atoms with Gasteiger partial charge in [0, 0.05) is 24.4 Å². The summed E-state index contributed by atoms with van der Waals surface area (Å²) in [5.41, 5.74) is 1.31. The fourth-order valence-corrected chi connectivity index (χ4v) is 6.09. The van der Waals surface area contributed by atoms with Crippen molar-refractivity contribution in [2.24, 2.45) is 0 Å². The molecule has 1 aromatic heterocycles. The van der Waals surface area contributed by atoms with Crippen molar-refractivity contribution >= 4 is 38.1 Å². The molecule has 0 saturated heterocycles. The van der Waals surface area contributed by atoms with Crippen molar-refractivity contribution in [2.75, 3.05) is 37.9 Å². The predicted octanol–water partition coefficient (Wildman–Crippen LogP) is 3.11. The highest BCUT2D eigenvalue weighted by Crippen LogP contribution is 2.37. The number of anilines is 1. The van der Waals surface area contributed by atoms with Crippen LogP contribution in [-0.4, -0.2) is 57.8 Å². The minimum atomic E-state index is -3.63. The number of hydrogen-bond donors (Lipinski definition) is 1. The monoisotopic (exact) mass is 480 g/mol. The molecule has 8 nitrogen and oxygen atoms in total. The van der Waals surface area contributed by atoms with Gasteiger partial charge in [-0.15, -0.1) is 11.3 Å². The average molecular weight is 481 g/mol. The van der Waals surface area contributed by atoms with Crippen molar-refractivity contribution in [1.29, 1.82) is 0 Å². The quantitative estimate of drug-likeness (QED) is 0.550. The maximum Gasteiger partial charge on any atom is 0.341 e. The van der Waals surface area contributed by atoms with Gasteiger partial charge in [0.05, 0.1) is 29.9 Å². The zero-order valence-electron chi connectivity index (χ0n) is 18.5. The number of carbonyl (C=O) groups excluding carboxylic acids is 2. The van der Waals surface area contributed by atoms with Crippen LogP contribution < -0.4 is 10.1 Å². The van der Waals surface area contributed by atoms with Crippen molar-refractivity contribution in [2.45, 2.75) is 38.1 Å². The first-order chi connectivity index (χ1) is 15.3. The number of likely N-dealkylation sites (N-methyl/N-ethyl adjacent to an activating group) is 1. The Morgan fingerprint density at radius 2 is 1.91 bits per heavy atom. The summed E-state index contributed by atoms with van der Waals surface area (Å²) >= 11 is 1.36. The second-order valence-electron chi connectivity index (χ2n) is 7.34. The number of methoxy groups -OCH3 is 1. The Morgan fingerprint density at radius 1 is 1.19 bits per heavy atom. The van der Waals surface area contributed by atoms with Gasteiger partial charge in [0.1, 0.15) is 10.8 Å².